The monoisotopic (exact) mass is 262 g/mol. The van der Waals surface area contributed by atoms with Gasteiger partial charge in [-0.15, -0.1) is 0 Å². The molecule has 104 valence electrons. The molecule has 1 aromatic rings. The van der Waals surface area contributed by atoms with Gasteiger partial charge in [0.2, 0.25) is 0 Å². The third kappa shape index (κ3) is 5.25. The number of unbranched alkanes of at least 4 members (excludes halogenated alkanes) is 3. The molecule has 1 unspecified atom stereocenters. The first kappa shape index (κ1) is 15.4. The van der Waals surface area contributed by atoms with Crippen molar-refractivity contribution < 1.29 is 14.3 Å². The number of rotatable bonds is 8. The molecule has 3 nitrogen and oxygen atoms in total. The Bertz CT molecular complexity index is 398. The minimum Gasteiger partial charge on any atom is -0.465 e. The predicted octanol–water partition coefficient (Wildman–Crippen LogP) is 3.63. The number of carbonyl (C=O) groups excluding carboxylic acids is 2. The third-order valence-electron chi connectivity index (χ3n) is 3.05. The number of benzene rings is 1. The molecule has 0 aromatic heterocycles. The van der Waals surface area contributed by atoms with Gasteiger partial charge < -0.3 is 4.74 Å². The molecule has 0 aliphatic heterocycles. The highest BCUT2D eigenvalue weighted by atomic mass is 16.5. The van der Waals surface area contributed by atoms with Crippen molar-refractivity contribution in [3.05, 3.63) is 35.9 Å². The fourth-order valence-electron chi connectivity index (χ4n) is 1.79. The van der Waals surface area contributed by atoms with E-state index in [1.54, 1.807) is 31.2 Å². The highest BCUT2D eigenvalue weighted by Gasteiger charge is 2.23. The van der Waals surface area contributed by atoms with Gasteiger partial charge in [0.25, 0.3) is 0 Å². The average Bonchev–Trinajstić information content (AvgIpc) is 2.46. The summed E-state index contributed by atoms with van der Waals surface area (Å²) in [5, 5.41) is 0. The topological polar surface area (TPSA) is 43.4 Å². The van der Waals surface area contributed by atoms with E-state index in [0.29, 0.717) is 12.2 Å². The van der Waals surface area contributed by atoms with E-state index in [0.717, 1.165) is 25.7 Å². The van der Waals surface area contributed by atoms with Crippen molar-refractivity contribution in [2.45, 2.75) is 39.5 Å². The van der Waals surface area contributed by atoms with Gasteiger partial charge in [-0.05, 0) is 13.3 Å². The Hall–Kier alpha value is -1.64. The zero-order valence-electron chi connectivity index (χ0n) is 11.7. The van der Waals surface area contributed by atoms with Crippen LogP contribution in [0.25, 0.3) is 0 Å². The highest BCUT2D eigenvalue weighted by molar-refractivity contribution is 6.08. The summed E-state index contributed by atoms with van der Waals surface area (Å²) in [6.45, 7) is 4.14. The van der Waals surface area contributed by atoms with Crippen molar-refractivity contribution in [3.63, 3.8) is 0 Å². The molecule has 0 fully saturated rings. The van der Waals surface area contributed by atoms with Crippen LogP contribution in [0.4, 0.5) is 0 Å². The van der Waals surface area contributed by atoms with Crippen LogP contribution in [0.3, 0.4) is 0 Å². The van der Waals surface area contributed by atoms with Crippen molar-refractivity contribution in [3.8, 4) is 0 Å². The SMILES string of the molecule is CCCCCCOC(=O)C(C)C(=O)c1ccccc1. The van der Waals surface area contributed by atoms with Crippen LogP contribution in [-0.2, 0) is 9.53 Å². The van der Waals surface area contributed by atoms with Crippen LogP contribution >= 0.6 is 0 Å². The first-order valence-corrected chi connectivity index (χ1v) is 6.92. The number of ketones is 1. The number of hydrogen-bond acceptors (Lipinski definition) is 3. The van der Waals surface area contributed by atoms with Gasteiger partial charge >= 0.3 is 5.97 Å². The molecule has 0 aliphatic carbocycles. The van der Waals surface area contributed by atoms with Gasteiger partial charge in [0.1, 0.15) is 5.92 Å². The average molecular weight is 262 g/mol. The standard InChI is InChI=1S/C16H22O3/c1-3-4-5-9-12-19-16(18)13(2)15(17)14-10-7-6-8-11-14/h6-8,10-11,13H,3-5,9,12H2,1-2H3. The molecule has 19 heavy (non-hydrogen) atoms. The summed E-state index contributed by atoms with van der Waals surface area (Å²) in [6.07, 6.45) is 4.23. The Labute approximate surface area is 115 Å². The smallest absolute Gasteiger partial charge is 0.316 e. The van der Waals surface area contributed by atoms with Crippen LogP contribution in [0, 0.1) is 5.92 Å². The Balaban J connectivity index is 2.38. The zero-order valence-corrected chi connectivity index (χ0v) is 11.7. The number of esters is 1. The molecule has 0 saturated carbocycles. The van der Waals surface area contributed by atoms with Crippen LogP contribution in [0.1, 0.15) is 49.9 Å². The first-order valence-electron chi connectivity index (χ1n) is 6.92. The number of hydrogen-bond donors (Lipinski definition) is 0. The quantitative estimate of drug-likeness (QED) is 0.311. The summed E-state index contributed by atoms with van der Waals surface area (Å²) in [6, 6.07) is 8.85. The maximum atomic E-state index is 12.0. The van der Waals surface area contributed by atoms with Crippen LogP contribution < -0.4 is 0 Å². The molecule has 0 amide bonds. The summed E-state index contributed by atoms with van der Waals surface area (Å²) < 4.78 is 5.13. The zero-order chi connectivity index (χ0) is 14.1. The lowest BCUT2D eigenvalue weighted by molar-refractivity contribution is -0.146. The van der Waals surface area contributed by atoms with E-state index in [1.165, 1.54) is 0 Å². The molecule has 0 heterocycles. The van der Waals surface area contributed by atoms with Gasteiger partial charge in [-0.1, -0.05) is 56.5 Å². The predicted molar refractivity (Wildman–Crippen MR) is 75.0 cm³/mol. The highest BCUT2D eigenvalue weighted by Crippen LogP contribution is 2.10. The minimum absolute atomic E-state index is 0.181. The Morgan fingerprint density at radius 1 is 1.11 bits per heavy atom. The normalized spacial score (nSPS) is 11.9. The van der Waals surface area contributed by atoms with Crippen LogP contribution in [0.5, 0.6) is 0 Å². The van der Waals surface area contributed by atoms with E-state index in [9.17, 15) is 9.59 Å². The first-order chi connectivity index (χ1) is 9.16. The lowest BCUT2D eigenvalue weighted by Crippen LogP contribution is -2.23. The Kier molecular flexibility index (Phi) is 6.86. The van der Waals surface area contributed by atoms with Crippen LogP contribution in [0.2, 0.25) is 0 Å². The lowest BCUT2D eigenvalue weighted by Gasteiger charge is -2.10. The molecule has 0 N–H and O–H groups in total. The van der Waals surface area contributed by atoms with E-state index in [-0.39, 0.29) is 5.78 Å². The van der Waals surface area contributed by atoms with E-state index in [4.69, 9.17) is 4.74 Å². The third-order valence-corrected chi connectivity index (χ3v) is 3.05. The second-order valence-corrected chi connectivity index (χ2v) is 4.68. The summed E-state index contributed by atoms with van der Waals surface area (Å²) in [5.41, 5.74) is 0.554. The van der Waals surface area contributed by atoms with Gasteiger partial charge in [0.05, 0.1) is 6.61 Å². The van der Waals surface area contributed by atoms with Crippen molar-refractivity contribution in [1.29, 1.82) is 0 Å². The lowest BCUT2D eigenvalue weighted by atomic mass is 10.00. The molecular weight excluding hydrogens is 240 g/mol. The van der Waals surface area contributed by atoms with E-state index < -0.39 is 11.9 Å². The summed E-state index contributed by atoms with van der Waals surface area (Å²) in [5.74, 6) is -1.34. The molecule has 0 bridgehead atoms. The van der Waals surface area contributed by atoms with Gasteiger partial charge in [-0.3, -0.25) is 9.59 Å². The molecule has 0 spiro atoms. The van der Waals surface area contributed by atoms with Crippen LogP contribution in [0.15, 0.2) is 30.3 Å². The molecule has 1 atom stereocenters. The van der Waals surface area contributed by atoms with E-state index in [1.807, 2.05) is 6.07 Å². The van der Waals surface area contributed by atoms with Crippen LogP contribution in [-0.4, -0.2) is 18.4 Å². The maximum absolute atomic E-state index is 12.0. The second-order valence-electron chi connectivity index (χ2n) is 4.68. The van der Waals surface area contributed by atoms with E-state index >= 15 is 0 Å². The number of Topliss-reactive ketones (excluding diaryl/α,β-unsaturated/α-hetero) is 1. The van der Waals surface area contributed by atoms with Crippen molar-refractivity contribution >= 4 is 11.8 Å². The summed E-state index contributed by atoms with van der Waals surface area (Å²) >= 11 is 0. The largest absolute Gasteiger partial charge is 0.465 e. The van der Waals surface area contributed by atoms with Gasteiger partial charge in [0, 0.05) is 5.56 Å². The Morgan fingerprint density at radius 3 is 2.42 bits per heavy atom. The molecule has 0 radical (unpaired) electrons. The number of carbonyl (C=O) groups is 2. The van der Waals surface area contributed by atoms with Gasteiger partial charge in [-0.2, -0.15) is 0 Å². The maximum Gasteiger partial charge on any atom is 0.316 e. The van der Waals surface area contributed by atoms with Crippen molar-refractivity contribution in [2.24, 2.45) is 5.92 Å². The van der Waals surface area contributed by atoms with Gasteiger partial charge in [-0.25, -0.2) is 0 Å². The fraction of sp³-hybridized carbons (Fsp3) is 0.500. The molecule has 0 aliphatic rings. The summed E-state index contributed by atoms with van der Waals surface area (Å²) in [7, 11) is 0. The molecular formula is C16H22O3. The molecule has 1 rings (SSSR count). The molecule has 1 aromatic carbocycles. The molecule has 0 saturated heterocycles. The Morgan fingerprint density at radius 2 is 1.79 bits per heavy atom. The summed E-state index contributed by atoms with van der Waals surface area (Å²) in [4.78, 5) is 23.8. The number of ether oxygens (including phenoxy) is 1. The fourth-order valence-corrected chi connectivity index (χ4v) is 1.79. The van der Waals surface area contributed by atoms with Crippen molar-refractivity contribution in [2.75, 3.05) is 6.61 Å². The van der Waals surface area contributed by atoms with Gasteiger partial charge in [0.15, 0.2) is 5.78 Å². The second kappa shape index (κ2) is 8.46. The molecule has 3 heteroatoms. The van der Waals surface area contributed by atoms with E-state index in [2.05, 4.69) is 6.92 Å². The van der Waals surface area contributed by atoms with Crippen molar-refractivity contribution in [1.82, 2.24) is 0 Å². The minimum atomic E-state index is -0.728.